The van der Waals surface area contributed by atoms with Crippen molar-refractivity contribution in [2.24, 2.45) is 7.05 Å². The van der Waals surface area contributed by atoms with Crippen LogP contribution in [0.5, 0.6) is 5.75 Å². The minimum Gasteiger partial charge on any atom is -0.423 e. The molecule has 1 aromatic carbocycles. The van der Waals surface area contributed by atoms with E-state index in [9.17, 15) is 4.79 Å². The van der Waals surface area contributed by atoms with Gasteiger partial charge in [0.1, 0.15) is 16.5 Å². The van der Waals surface area contributed by atoms with Crippen molar-refractivity contribution in [2.75, 3.05) is 0 Å². The molecule has 5 heteroatoms. The summed E-state index contributed by atoms with van der Waals surface area (Å²) in [5.41, 5.74) is 0.858. The van der Waals surface area contributed by atoms with Gasteiger partial charge in [-0.3, -0.25) is 4.68 Å². The lowest BCUT2D eigenvalue weighted by Crippen LogP contribution is -2.09. The molecule has 17 heavy (non-hydrogen) atoms. The molecule has 0 spiro atoms. The van der Waals surface area contributed by atoms with Crippen molar-refractivity contribution in [1.29, 1.82) is 0 Å². The molecule has 1 heterocycles. The Morgan fingerprint density at radius 1 is 1.35 bits per heavy atom. The number of ether oxygens (including phenoxy) is 1. The number of carbonyl (C=O) groups is 1. The zero-order valence-corrected chi connectivity index (χ0v) is 10.2. The Kier molecular flexibility index (Phi) is 3.15. The number of carbonyl (C=O) groups excluding carboxylic acids is 1. The van der Waals surface area contributed by atoms with Crippen molar-refractivity contribution in [1.82, 2.24) is 9.78 Å². The van der Waals surface area contributed by atoms with Crippen LogP contribution >= 0.6 is 11.6 Å². The minimum atomic E-state index is -0.494. The second-order valence-electron chi connectivity index (χ2n) is 3.58. The summed E-state index contributed by atoms with van der Waals surface area (Å²) >= 11 is 5.97. The number of para-hydroxylation sites is 1. The van der Waals surface area contributed by atoms with E-state index in [2.05, 4.69) is 5.10 Å². The van der Waals surface area contributed by atoms with E-state index in [1.165, 1.54) is 4.68 Å². The highest BCUT2D eigenvalue weighted by atomic mass is 35.5. The fourth-order valence-electron chi connectivity index (χ4n) is 1.51. The van der Waals surface area contributed by atoms with Crippen molar-refractivity contribution >= 4 is 17.6 Å². The van der Waals surface area contributed by atoms with E-state index in [4.69, 9.17) is 16.3 Å². The van der Waals surface area contributed by atoms with Gasteiger partial charge in [0, 0.05) is 7.05 Å². The monoisotopic (exact) mass is 250 g/mol. The largest absolute Gasteiger partial charge is 0.423 e. The van der Waals surface area contributed by atoms with Gasteiger partial charge in [0.2, 0.25) is 0 Å². The molecule has 0 amide bonds. The normalized spacial score (nSPS) is 10.3. The first-order valence-electron chi connectivity index (χ1n) is 5.06. The summed E-state index contributed by atoms with van der Waals surface area (Å²) in [6.07, 6.45) is 0. The summed E-state index contributed by atoms with van der Waals surface area (Å²) in [4.78, 5) is 11.9. The predicted molar refractivity (Wildman–Crippen MR) is 64.4 cm³/mol. The second kappa shape index (κ2) is 4.59. The van der Waals surface area contributed by atoms with Crippen LogP contribution in [0.2, 0.25) is 5.15 Å². The predicted octanol–water partition coefficient (Wildman–Crippen LogP) is 2.60. The molecule has 0 saturated heterocycles. The van der Waals surface area contributed by atoms with Crippen LogP contribution in [0.3, 0.4) is 0 Å². The van der Waals surface area contributed by atoms with Gasteiger partial charge >= 0.3 is 5.97 Å². The maximum absolute atomic E-state index is 11.9. The molecule has 0 unspecified atom stereocenters. The van der Waals surface area contributed by atoms with Crippen molar-refractivity contribution < 1.29 is 9.53 Å². The molecule has 4 nitrogen and oxygen atoms in total. The number of benzene rings is 1. The summed E-state index contributed by atoms with van der Waals surface area (Å²) in [7, 11) is 1.68. The lowest BCUT2D eigenvalue weighted by Gasteiger charge is -2.03. The summed E-state index contributed by atoms with van der Waals surface area (Å²) in [5, 5.41) is 4.34. The number of aromatic nitrogens is 2. The van der Waals surface area contributed by atoms with Crippen LogP contribution in [0, 0.1) is 6.92 Å². The van der Waals surface area contributed by atoms with Crippen molar-refractivity contribution in [3.05, 3.63) is 46.7 Å². The molecule has 0 aliphatic carbocycles. The molecule has 88 valence electrons. The highest BCUT2D eigenvalue weighted by molar-refractivity contribution is 6.32. The lowest BCUT2D eigenvalue weighted by atomic mass is 10.2. The van der Waals surface area contributed by atoms with E-state index in [1.54, 1.807) is 38.2 Å². The van der Waals surface area contributed by atoms with Gasteiger partial charge in [0.25, 0.3) is 0 Å². The molecular formula is C12H11ClN2O2. The average Bonchev–Trinajstić information content (AvgIpc) is 2.54. The van der Waals surface area contributed by atoms with Crippen molar-refractivity contribution in [3.8, 4) is 5.75 Å². The smallest absolute Gasteiger partial charge is 0.348 e. The van der Waals surface area contributed by atoms with Gasteiger partial charge in [-0.15, -0.1) is 0 Å². The molecule has 0 atom stereocenters. The quantitative estimate of drug-likeness (QED) is 0.608. The molecule has 2 rings (SSSR count). The Bertz CT molecular complexity index is 549. The van der Waals surface area contributed by atoms with Crippen LogP contribution < -0.4 is 4.74 Å². The number of esters is 1. The molecule has 0 aliphatic rings. The van der Waals surface area contributed by atoms with Gasteiger partial charge in [0.05, 0.1) is 5.69 Å². The molecule has 0 bridgehead atoms. The average molecular weight is 251 g/mol. The third-order valence-corrected chi connectivity index (χ3v) is 2.74. The first-order valence-corrected chi connectivity index (χ1v) is 5.43. The fourth-order valence-corrected chi connectivity index (χ4v) is 1.76. The third kappa shape index (κ3) is 2.31. The van der Waals surface area contributed by atoms with Gasteiger partial charge in [0.15, 0.2) is 0 Å². The number of rotatable bonds is 2. The van der Waals surface area contributed by atoms with E-state index >= 15 is 0 Å². The number of hydrogen-bond acceptors (Lipinski definition) is 3. The molecule has 0 N–H and O–H groups in total. The van der Waals surface area contributed by atoms with E-state index < -0.39 is 5.97 Å². The van der Waals surface area contributed by atoms with E-state index in [-0.39, 0.29) is 5.15 Å². The first kappa shape index (κ1) is 11.7. The molecule has 0 aliphatic heterocycles. The molecule has 0 saturated carbocycles. The Hall–Kier alpha value is -1.81. The fraction of sp³-hybridized carbons (Fsp3) is 0.167. The molecule has 0 radical (unpaired) electrons. The van der Waals surface area contributed by atoms with E-state index in [1.807, 2.05) is 6.07 Å². The van der Waals surface area contributed by atoms with Crippen LogP contribution in [0.15, 0.2) is 30.3 Å². The van der Waals surface area contributed by atoms with E-state index in [0.717, 1.165) is 0 Å². The van der Waals surface area contributed by atoms with Gasteiger partial charge in [-0.2, -0.15) is 5.10 Å². The summed E-state index contributed by atoms with van der Waals surface area (Å²) in [5.74, 6) is -0.0105. The van der Waals surface area contributed by atoms with Gasteiger partial charge in [-0.1, -0.05) is 29.8 Å². The summed E-state index contributed by atoms with van der Waals surface area (Å²) in [6, 6.07) is 8.84. The standard InChI is InChI=1S/C12H11ClN2O2/c1-8-10(11(13)15(2)14-8)12(16)17-9-6-4-3-5-7-9/h3-7H,1-2H3. The molecule has 1 aromatic heterocycles. The Labute approximate surface area is 104 Å². The summed E-state index contributed by atoms with van der Waals surface area (Å²) in [6.45, 7) is 1.72. The van der Waals surface area contributed by atoms with Crippen molar-refractivity contribution in [3.63, 3.8) is 0 Å². The van der Waals surface area contributed by atoms with E-state index in [0.29, 0.717) is 17.0 Å². The highest BCUT2D eigenvalue weighted by Crippen LogP contribution is 2.21. The molecular weight excluding hydrogens is 240 g/mol. The minimum absolute atomic E-state index is 0.281. The van der Waals surface area contributed by atoms with Crippen LogP contribution in [0.1, 0.15) is 16.1 Å². The van der Waals surface area contributed by atoms with Gasteiger partial charge in [-0.25, -0.2) is 4.79 Å². The van der Waals surface area contributed by atoms with Gasteiger partial charge in [-0.05, 0) is 19.1 Å². The van der Waals surface area contributed by atoms with Crippen LogP contribution in [0.4, 0.5) is 0 Å². The first-order chi connectivity index (χ1) is 8.09. The van der Waals surface area contributed by atoms with Crippen LogP contribution in [-0.4, -0.2) is 15.7 Å². The van der Waals surface area contributed by atoms with Crippen molar-refractivity contribution in [2.45, 2.75) is 6.92 Å². The Morgan fingerprint density at radius 2 is 2.00 bits per heavy atom. The maximum Gasteiger partial charge on any atom is 0.348 e. The maximum atomic E-state index is 11.9. The SMILES string of the molecule is Cc1nn(C)c(Cl)c1C(=O)Oc1ccccc1. The number of hydrogen-bond donors (Lipinski definition) is 0. The Balaban J connectivity index is 2.27. The van der Waals surface area contributed by atoms with Crippen LogP contribution in [-0.2, 0) is 7.05 Å². The molecule has 2 aromatic rings. The number of halogens is 1. The van der Waals surface area contributed by atoms with Crippen LogP contribution in [0.25, 0.3) is 0 Å². The summed E-state index contributed by atoms with van der Waals surface area (Å²) < 4.78 is 6.64. The third-order valence-electron chi connectivity index (χ3n) is 2.31. The van der Waals surface area contributed by atoms with Gasteiger partial charge < -0.3 is 4.74 Å². The zero-order valence-electron chi connectivity index (χ0n) is 9.48. The number of nitrogens with zero attached hydrogens (tertiary/aromatic N) is 2. The molecule has 0 fully saturated rings. The second-order valence-corrected chi connectivity index (χ2v) is 3.94. The topological polar surface area (TPSA) is 44.1 Å². The Morgan fingerprint density at radius 3 is 2.53 bits per heavy atom. The lowest BCUT2D eigenvalue weighted by molar-refractivity contribution is 0.0734. The highest BCUT2D eigenvalue weighted by Gasteiger charge is 2.20. The number of aryl methyl sites for hydroxylation is 2. The zero-order chi connectivity index (χ0) is 12.4.